The lowest BCUT2D eigenvalue weighted by Crippen LogP contribution is -2.31. The number of hydrogen-bond donors (Lipinski definition) is 0. The van der Waals surface area contributed by atoms with Gasteiger partial charge in [-0.15, -0.1) is 12.4 Å². The zero-order valence-electron chi connectivity index (χ0n) is 13.1. The van der Waals surface area contributed by atoms with Crippen LogP contribution in [0, 0.1) is 11.6 Å². The standard InChI is InChI=1S/C18H14F2N2O2.ClH/c19-13-6-7-16(17(20)10-13)18(23)22(12-15-5-3-9-24-15)11-14-4-1-2-8-21-14;/h1-10H,11-12H2;1H. The van der Waals surface area contributed by atoms with Crippen LogP contribution < -0.4 is 0 Å². The van der Waals surface area contributed by atoms with Crippen LogP contribution in [0.15, 0.2) is 65.4 Å². The summed E-state index contributed by atoms with van der Waals surface area (Å²) < 4.78 is 32.3. The SMILES string of the molecule is Cl.O=C(c1ccc(F)cc1F)N(Cc1ccccn1)Cc1ccco1. The average Bonchev–Trinajstić information content (AvgIpc) is 3.08. The van der Waals surface area contributed by atoms with E-state index in [0.717, 1.165) is 12.1 Å². The molecule has 0 N–H and O–H groups in total. The first-order valence-corrected chi connectivity index (χ1v) is 7.30. The molecule has 0 bridgehead atoms. The van der Waals surface area contributed by atoms with E-state index in [0.29, 0.717) is 17.5 Å². The number of pyridine rings is 1. The monoisotopic (exact) mass is 364 g/mol. The Kier molecular flexibility index (Phi) is 6.25. The lowest BCUT2D eigenvalue weighted by molar-refractivity contribution is 0.0710. The van der Waals surface area contributed by atoms with Crippen LogP contribution in [-0.2, 0) is 13.1 Å². The van der Waals surface area contributed by atoms with Crippen molar-refractivity contribution in [2.75, 3.05) is 0 Å². The molecule has 1 aromatic carbocycles. The van der Waals surface area contributed by atoms with Crippen LogP contribution in [0.3, 0.4) is 0 Å². The van der Waals surface area contributed by atoms with Crippen molar-refractivity contribution < 1.29 is 18.0 Å². The smallest absolute Gasteiger partial charge is 0.257 e. The van der Waals surface area contributed by atoms with Crippen molar-refractivity contribution in [3.05, 3.63) is 89.6 Å². The van der Waals surface area contributed by atoms with Gasteiger partial charge in [-0.3, -0.25) is 9.78 Å². The lowest BCUT2D eigenvalue weighted by Gasteiger charge is -2.21. The fraction of sp³-hybridized carbons (Fsp3) is 0.111. The van der Waals surface area contributed by atoms with Gasteiger partial charge in [-0.1, -0.05) is 6.07 Å². The molecule has 0 spiro atoms. The predicted molar refractivity (Wildman–Crippen MR) is 90.1 cm³/mol. The minimum absolute atomic E-state index is 0. The van der Waals surface area contributed by atoms with Gasteiger partial charge in [0, 0.05) is 12.3 Å². The summed E-state index contributed by atoms with van der Waals surface area (Å²) in [4.78, 5) is 18.3. The summed E-state index contributed by atoms with van der Waals surface area (Å²) in [6, 6.07) is 11.7. The highest BCUT2D eigenvalue weighted by molar-refractivity contribution is 5.94. The molecule has 0 saturated heterocycles. The average molecular weight is 365 g/mol. The zero-order chi connectivity index (χ0) is 16.9. The highest BCUT2D eigenvalue weighted by Crippen LogP contribution is 2.17. The number of halogens is 3. The van der Waals surface area contributed by atoms with Gasteiger partial charge in [0.05, 0.1) is 30.6 Å². The molecule has 3 rings (SSSR count). The van der Waals surface area contributed by atoms with Gasteiger partial charge in [0.1, 0.15) is 17.4 Å². The highest BCUT2D eigenvalue weighted by Gasteiger charge is 2.21. The molecule has 7 heteroatoms. The molecule has 0 radical (unpaired) electrons. The van der Waals surface area contributed by atoms with Gasteiger partial charge in [0.25, 0.3) is 5.91 Å². The van der Waals surface area contributed by atoms with Crippen molar-refractivity contribution in [1.29, 1.82) is 0 Å². The molecule has 0 unspecified atom stereocenters. The number of nitrogens with zero attached hydrogens (tertiary/aromatic N) is 2. The molecule has 2 heterocycles. The van der Waals surface area contributed by atoms with Crippen LogP contribution in [0.1, 0.15) is 21.8 Å². The van der Waals surface area contributed by atoms with E-state index in [1.807, 2.05) is 0 Å². The maximum absolute atomic E-state index is 14.0. The van der Waals surface area contributed by atoms with Gasteiger partial charge in [-0.05, 0) is 36.4 Å². The van der Waals surface area contributed by atoms with Crippen molar-refractivity contribution in [2.45, 2.75) is 13.1 Å². The van der Waals surface area contributed by atoms with Crippen molar-refractivity contribution in [2.24, 2.45) is 0 Å². The Bertz CT molecular complexity index is 826. The number of carbonyl (C=O) groups is 1. The molecule has 0 aliphatic carbocycles. The van der Waals surface area contributed by atoms with Gasteiger partial charge < -0.3 is 9.32 Å². The Hall–Kier alpha value is -2.73. The number of amides is 1. The third-order valence-electron chi connectivity index (χ3n) is 3.45. The van der Waals surface area contributed by atoms with Crippen LogP contribution >= 0.6 is 12.4 Å². The third-order valence-corrected chi connectivity index (χ3v) is 3.45. The van der Waals surface area contributed by atoms with Crippen molar-refractivity contribution >= 4 is 18.3 Å². The molecular weight excluding hydrogens is 350 g/mol. The molecule has 0 aliphatic rings. The van der Waals surface area contributed by atoms with Gasteiger partial charge in [0.15, 0.2) is 0 Å². The summed E-state index contributed by atoms with van der Waals surface area (Å²) in [5.41, 5.74) is 0.457. The maximum atomic E-state index is 14.0. The quantitative estimate of drug-likeness (QED) is 0.681. The fourth-order valence-corrected chi connectivity index (χ4v) is 2.31. The van der Waals surface area contributed by atoms with Crippen LogP contribution in [-0.4, -0.2) is 15.8 Å². The van der Waals surface area contributed by atoms with Gasteiger partial charge in [0.2, 0.25) is 0 Å². The van der Waals surface area contributed by atoms with E-state index >= 15 is 0 Å². The number of aromatic nitrogens is 1. The summed E-state index contributed by atoms with van der Waals surface area (Å²) >= 11 is 0. The minimum atomic E-state index is -0.898. The summed E-state index contributed by atoms with van der Waals surface area (Å²) in [6.07, 6.45) is 3.11. The van der Waals surface area contributed by atoms with E-state index in [1.165, 1.54) is 11.2 Å². The third kappa shape index (κ3) is 4.64. The summed E-state index contributed by atoms with van der Waals surface area (Å²) in [6.45, 7) is 0.330. The number of hydrogen-bond acceptors (Lipinski definition) is 3. The highest BCUT2D eigenvalue weighted by atomic mass is 35.5. The summed E-state index contributed by atoms with van der Waals surface area (Å²) in [5.74, 6) is -1.63. The van der Waals surface area contributed by atoms with Crippen LogP contribution in [0.25, 0.3) is 0 Å². The minimum Gasteiger partial charge on any atom is -0.467 e. The van der Waals surface area contributed by atoms with E-state index in [2.05, 4.69) is 4.98 Å². The van der Waals surface area contributed by atoms with Crippen LogP contribution in [0.5, 0.6) is 0 Å². The molecular formula is C18H15ClF2N2O2. The molecule has 0 aliphatic heterocycles. The Morgan fingerprint density at radius 2 is 1.92 bits per heavy atom. The fourth-order valence-electron chi connectivity index (χ4n) is 2.31. The number of rotatable bonds is 5. The largest absolute Gasteiger partial charge is 0.467 e. The first kappa shape index (κ1) is 18.6. The molecule has 0 fully saturated rings. The summed E-state index contributed by atoms with van der Waals surface area (Å²) in [7, 11) is 0. The van der Waals surface area contributed by atoms with Crippen LogP contribution in [0.4, 0.5) is 8.78 Å². The zero-order valence-corrected chi connectivity index (χ0v) is 13.9. The normalized spacial score (nSPS) is 10.2. The first-order chi connectivity index (χ1) is 11.6. The van der Waals surface area contributed by atoms with Crippen molar-refractivity contribution in [3.63, 3.8) is 0 Å². The molecule has 0 atom stereocenters. The Labute approximate surface area is 149 Å². The van der Waals surface area contributed by atoms with E-state index < -0.39 is 17.5 Å². The van der Waals surface area contributed by atoms with E-state index in [4.69, 9.17) is 4.42 Å². The Morgan fingerprint density at radius 3 is 2.56 bits per heavy atom. The number of benzene rings is 1. The Morgan fingerprint density at radius 1 is 1.08 bits per heavy atom. The van der Waals surface area contributed by atoms with E-state index in [1.54, 1.807) is 36.5 Å². The molecule has 25 heavy (non-hydrogen) atoms. The van der Waals surface area contributed by atoms with Crippen molar-refractivity contribution in [1.82, 2.24) is 9.88 Å². The van der Waals surface area contributed by atoms with Gasteiger partial charge in [-0.2, -0.15) is 0 Å². The lowest BCUT2D eigenvalue weighted by atomic mass is 10.1. The molecule has 3 aromatic rings. The summed E-state index contributed by atoms with van der Waals surface area (Å²) in [5, 5.41) is 0. The number of furan rings is 1. The van der Waals surface area contributed by atoms with Gasteiger partial charge >= 0.3 is 0 Å². The first-order valence-electron chi connectivity index (χ1n) is 7.30. The second-order valence-electron chi connectivity index (χ2n) is 5.19. The molecule has 1 amide bonds. The number of carbonyl (C=O) groups excluding carboxylic acids is 1. The molecule has 2 aromatic heterocycles. The molecule has 4 nitrogen and oxygen atoms in total. The second kappa shape index (κ2) is 8.39. The van der Waals surface area contributed by atoms with Gasteiger partial charge in [-0.25, -0.2) is 8.78 Å². The van der Waals surface area contributed by atoms with E-state index in [-0.39, 0.29) is 31.1 Å². The second-order valence-corrected chi connectivity index (χ2v) is 5.19. The van der Waals surface area contributed by atoms with Crippen molar-refractivity contribution in [3.8, 4) is 0 Å². The molecule has 0 saturated carbocycles. The predicted octanol–water partition coefficient (Wildman–Crippen LogP) is 4.22. The Balaban J connectivity index is 0.00000225. The topological polar surface area (TPSA) is 46.3 Å². The van der Waals surface area contributed by atoms with Crippen LogP contribution in [0.2, 0.25) is 0 Å². The van der Waals surface area contributed by atoms with E-state index in [9.17, 15) is 13.6 Å². The maximum Gasteiger partial charge on any atom is 0.257 e. The molecule has 130 valence electrons.